The van der Waals surface area contributed by atoms with Gasteiger partial charge in [-0.25, -0.2) is 4.98 Å². The Hall–Kier alpha value is -1.05. The number of aliphatic hydroxyl groups excluding tert-OH is 1. The summed E-state index contributed by atoms with van der Waals surface area (Å²) in [4.78, 5) is 4.64. The van der Waals surface area contributed by atoms with Gasteiger partial charge in [-0.2, -0.15) is 5.26 Å². The van der Waals surface area contributed by atoms with E-state index < -0.39 is 6.10 Å². The number of nitrogens with zero attached hydrogens (tertiary/aromatic N) is 2. The second-order valence-corrected chi connectivity index (χ2v) is 6.20. The van der Waals surface area contributed by atoms with Crippen LogP contribution in [0.1, 0.15) is 43.5 Å². The lowest BCUT2D eigenvalue weighted by Crippen LogP contribution is -2.16. The van der Waals surface area contributed by atoms with Crippen molar-refractivity contribution in [1.29, 1.82) is 5.26 Å². The molecule has 0 bridgehead atoms. The topological polar surface area (TPSA) is 56.9 Å². The lowest BCUT2D eigenvalue weighted by Gasteiger charge is -2.19. The molecule has 0 saturated heterocycles. The Balaban J connectivity index is 2.31. The van der Waals surface area contributed by atoms with Gasteiger partial charge in [0.05, 0.1) is 11.7 Å². The molecule has 96 valence electrons. The van der Waals surface area contributed by atoms with Gasteiger partial charge < -0.3 is 5.11 Å². The minimum absolute atomic E-state index is 0.0474. The highest BCUT2D eigenvalue weighted by atomic mass is 32.2. The van der Waals surface area contributed by atoms with E-state index >= 15 is 0 Å². The standard InChI is InChI=1S/C14H18N2OS/c1-9(17)10(2)18-14-12(8-15)7-11-5-3-4-6-13(11)16-14/h7,9-10,17H,3-6H2,1-2H3. The average molecular weight is 262 g/mol. The maximum absolute atomic E-state index is 9.55. The molecule has 2 atom stereocenters. The molecule has 0 amide bonds. The summed E-state index contributed by atoms with van der Waals surface area (Å²) in [7, 11) is 0. The minimum atomic E-state index is -0.403. The zero-order valence-corrected chi connectivity index (χ0v) is 11.6. The van der Waals surface area contributed by atoms with Crippen molar-refractivity contribution in [3.05, 3.63) is 22.9 Å². The highest BCUT2D eigenvalue weighted by Gasteiger charge is 2.18. The predicted molar refractivity (Wildman–Crippen MR) is 72.6 cm³/mol. The second kappa shape index (κ2) is 5.73. The molecule has 18 heavy (non-hydrogen) atoms. The molecule has 0 fully saturated rings. The molecule has 1 N–H and O–H groups in total. The molecule has 0 aliphatic heterocycles. The molecule has 2 unspecified atom stereocenters. The second-order valence-electron chi connectivity index (χ2n) is 4.83. The number of aliphatic hydroxyl groups is 1. The molecule has 4 heteroatoms. The van der Waals surface area contributed by atoms with Crippen molar-refractivity contribution in [1.82, 2.24) is 4.98 Å². The Morgan fingerprint density at radius 2 is 2.11 bits per heavy atom. The van der Waals surface area contributed by atoms with Gasteiger partial charge in [-0.15, -0.1) is 0 Å². The summed E-state index contributed by atoms with van der Waals surface area (Å²) in [5.74, 6) is 0. The Kier molecular flexibility index (Phi) is 4.26. The van der Waals surface area contributed by atoms with Gasteiger partial charge in [-0.3, -0.25) is 0 Å². The van der Waals surface area contributed by atoms with Crippen molar-refractivity contribution in [2.24, 2.45) is 0 Å². The van der Waals surface area contributed by atoms with Crippen LogP contribution in [0.3, 0.4) is 0 Å². The normalized spacial score (nSPS) is 17.7. The van der Waals surface area contributed by atoms with Gasteiger partial charge >= 0.3 is 0 Å². The number of rotatable bonds is 3. The van der Waals surface area contributed by atoms with E-state index in [0.717, 1.165) is 23.6 Å². The molecule has 1 heterocycles. The molecule has 1 aliphatic rings. The van der Waals surface area contributed by atoms with E-state index in [0.29, 0.717) is 5.56 Å². The van der Waals surface area contributed by atoms with E-state index in [-0.39, 0.29) is 5.25 Å². The number of thioether (sulfide) groups is 1. The van der Waals surface area contributed by atoms with Crippen LogP contribution >= 0.6 is 11.8 Å². The summed E-state index contributed by atoms with van der Waals surface area (Å²) in [6, 6.07) is 4.21. The summed E-state index contributed by atoms with van der Waals surface area (Å²) in [6.45, 7) is 3.72. The molecule has 0 saturated carbocycles. The number of hydrogen-bond acceptors (Lipinski definition) is 4. The van der Waals surface area contributed by atoms with Crippen LogP contribution in [-0.4, -0.2) is 21.4 Å². The highest BCUT2D eigenvalue weighted by Crippen LogP contribution is 2.30. The fourth-order valence-corrected chi connectivity index (χ4v) is 3.00. The van der Waals surface area contributed by atoms with Gasteiger partial charge in [-0.1, -0.05) is 18.7 Å². The summed E-state index contributed by atoms with van der Waals surface area (Å²) in [5.41, 5.74) is 3.01. The third-order valence-electron chi connectivity index (χ3n) is 3.36. The van der Waals surface area contributed by atoms with E-state index in [9.17, 15) is 10.4 Å². The maximum atomic E-state index is 9.55. The Labute approximate surface area is 112 Å². The Bertz CT molecular complexity index is 479. The maximum Gasteiger partial charge on any atom is 0.114 e. The van der Waals surface area contributed by atoms with Crippen LogP contribution in [0.25, 0.3) is 0 Å². The molecule has 0 spiro atoms. The van der Waals surface area contributed by atoms with Gasteiger partial charge in [0.1, 0.15) is 11.1 Å². The van der Waals surface area contributed by atoms with E-state index in [1.54, 1.807) is 6.92 Å². The van der Waals surface area contributed by atoms with Crippen molar-refractivity contribution in [2.75, 3.05) is 0 Å². The predicted octanol–water partition coefficient (Wildman–Crippen LogP) is 2.69. The summed E-state index contributed by atoms with van der Waals surface area (Å²) < 4.78 is 0. The fourth-order valence-electron chi connectivity index (χ4n) is 2.06. The summed E-state index contributed by atoms with van der Waals surface area (Å²) in [6.07, 6.45) is 4.02. The molecule has 0 aromatic carbocycles. The van der Waals surface area contributed by atoms with Gasteiger partial charge in [0.2, 0.25) is 0 Å². The van der Waals surface area contributed by atoms with E-state index in [2.05, 4.69) is 11.1 Å². The smallest absolute Gasteiger partial charge is 0.114 e. The van der Waals surface area contributed by atoms with Gasteiger partial charge in [0.15, 0.2) is 0 Å². The molecular formula is C14H18N2OS. The summed E-state index contributed by atoms with van der Waals surface area (Å²) >= 11 is 1.49. The number of nitriles is 1. The van der Waals surface area contributed by atoms with Crippen LogP contribution in [0.15, 0.2) is 11.1 Å². The first-order chi connectivity index (χ1) is 8.61. The van der Waals surface area contributed by atoms with Crippen molar-refractivity contribution < 1.29 is 5.11 Å². The molecule has 3 nitrogen and oxygen atoms in total. The first-order valence-electron chi connectivity index (χ1n) is 6.39. The summed E-state index contributed by atoms with van der Waals surface area (Å²) in [5, 5.41) is 19.6. The zero-order chi connectivity index (χ0) is 13.1. The molecule has 1 aliphatic carbocycles. The fraction of sp³-hybridized carbons (Fsp3) is 0.571. The monoisotopic (exact) mass is 262 g/mol. The molecule has 0 radical (unpaired) electrons. The SMILES string of the molecule is CC(O)C(C)Sc1nc2c(cc1C#N)CCCC2. The van der Waals surface area contributed by atoms with Crippen molar-refractivity contribution in [3.8, 4) is 6.07 Å². The number of aromatic nitrogens is 1. The van der Waals surface area contributed by atoms with E-state index in [1.165, 1.54) is 30.2 Å². The average Bonchev–Trinajstić information content (AvgIpc) is 2.37. The lowest BCUT2D eigenvalue weighted by atomic mass is 9.95. The van der Waals surface area contributed by atoms with Crippen LogP contribution in [0.4, 0.5) is 0 Å². The van der Waals surface area contributed by atoms with Crippen LogP contribution in [0.5, 0.6) is 0 Å². The molecular weight excluding hydrogens is 244 g/mol. The molecule has 1 aromatic heterocycles. The Morgan fingerprint density at radius 3 is 2.78 bits per heavy atom. The van der Waals surface area contributed by atoms with E-state index in [4.69, 9.17) is 0 Å². The first-order valence-corrected chi connectivity index (χ1v) is 7.27. The van der Waals surface area contributed by atoms with Gasteiger partial charge in [0.25, 0.3) is 0 Å². The number of fused-ring (bicyclic) bond motifs is 1. The van der Waals surface area contributed by atoms with Gasteiger partial charge in [-0.05, 0) is 44.2 Å². The zero-order valence-electron chi connectivity index (χ0n) is 10.8. The van der Waals surface area contributed by atoms with E-state index in [1.807, 2.05) is 13.0 Å². The van der Waals surface area contributed by atoms with Crippen LogP contribution < -0.4 is 0 Å². The van der Waals surface area contributed by atoms with Crippen molar-refractivity contribution in [2.45, 2.75) is 55.9 Å². The third kappa shape index (κ3) is 2.85. The molecule has 2 rings (SSSR count). The quantitative estimate of drug-likeness (QED) is 0.851. The highest BCUT2D eigenvalue weighted by molar-refractivity contribution is 7.99. The third-order valence-corrected chi connectivity index (χ3v) is 4.66. The number of aryl methyl sites for hydroxylation is 2. The largest absolute Gasteiger partial charge is 0.392 e. The van der Waals surface area contributed by atoms with Crippen LogP contribution in [-0.2, 0) is 12.8 Å². The van der Waals surface area contributed by atoms with Crippen molar-refractivity contribution >= 4 is 11.8 Å². The lowest BCUT2D eigenvalue weighted by molar-refractivity contribution is 0.196. The van der Waals surface area contributed by atoms with Gasteiger partial charge in [0, 0.05) is 10.9 Å². The minimum Gasteiger partial charge on any atom is -0.392 e. The number of pyridine rings is 1. The first kappa shape index (κ1) is 13.4. The van der Waals surface area contributed by atoms with Crippen LogP contribution in [0.2, 0.25) is 0 Å². The Morgan fingerprint density at radius 1 is 1.39 bits per heavy atom. The molecule has 1 aromatic rings. The number of hydrogen-bond donors (Lipinski definition) is 1. The van der Waals surface area contributed by atoms with Crippen LogP contribution in [0, 0.1) is 11.3 Å². The van der Waals surface area contributed by atoms with Crippen molar-refractivity contribution in [3.63, 3.8) is 0 Å².